The lowest BCUT2D eigenvalue weighted by Crippen LogP contribution is -2.26. The summed E-state index contributed by atoms with van der Waals surface area (Å²) in [5, 5.41) is 13.3. The molecule has 0 saturated heterocycles. The largest absolute Gasteiger partial charge is 0.337 e. The molecule has 5 heteroatoms. The molecule has 0 saturated carbocycles. The average molecular weight is 330 g/mol. The topological polar surface area (TPSA) is 61.9 Å². The number of nitriles is 1. The number of hydrogen-bond acceptors (Lipinski definition) is 3. The average Bonchev–Trinajstić information content (AvgIpc) is 3.08. The van der Waals surface area contributed by atoms with Crippen LogP contribution in [0, 0.1) is 11.3 Å². The summed E-state index contributed by atoms with van der Waals surface area (Å²) in [5.41, 5.74) is 3.13. The van der Waals surface area contributed by atoms with Crippen LogP contribution in [-0.2, 0) is 13.1 Å². The Morgan fingerprint density at radius 2 is 1.96 bits per heavy atom. The Labute approximate surface area is 146 Å². The molecule has 0 unspecified atom stereocenters. The number of hydrogen-bond donors (Lipinski definition) is 0. The Kier molecular flexibility index (Phi) is 4.91. The van der Waals surface area contributed by atoms with Crippen molar-refractivity contribution in [1.29, 1.82) is 5.26 Å². The molecule has 5 nitrogen and oxygen atoms in total. The van der Waals surface area contributed by atoms with E-state index in [4.69, 9.17) is 5.26 Å². The fraction of sp³-hybridized carbons (Fsp3) is 0.150. The van der Waals surface area contributed by atoms with E-state index in [1.54, 1.807) is 42.4 Å². The Morgan fingerprint density at radius 3 is 2.72 bits per heavy atom. The van der Waals surface area contributed by atoms with Crippen LogP contribution in [0.15, 0.2) is 67.0 Å². The van der Waals surface area contributed by atoms with Gasteiger partial charge in [0.2, 0.25) is 0 Å². The standard InChI is InChI=1S/C20H18N4O/c1-23(20(25)19-9-5-8-17(10-19)11-21)13-18-12-22-24(15-18)14-16-6-3-2-4-7-16/h2-10,12,15H,13-14H2,1H3. The van der Waals surface area contributed by atoms with Crippen molar-refractivity contribution in [1.82, 2.24) is 14.7 Å². The molecule has 0 spiro atoms. The van der Waals surface area contributed by atoms with E-state index in [0.29, 0.717) is 24.2 Å². The van der Waals surface area contributed by atoms with E-state index >= 15 is 0 Å². The maximum absolute atomic E-state index is 12.5. The van der Waals surface area contributed by atoms with Gasteiger partial charge in [0.1, 0.15) is 0 Å². The predicted octanol–water partition coefficient (Wildman–Crippen LogP) is 3.08. The summed E-state index contributed by atoms with van der Waals surface area (Å²) in [4.78, 5) is 14.1. The number of rotatable bonds is 5. The minimum atomic E-state index is -0.118. The molecule has 124 valence electrons. The zero-order chi connectivity index (χ0) is 17.6. The smallest absolute Gasteiger partial charge is 0.253 e. The molecule has 0 radical (unpaired) electrons. The first kappa shape index (κ1) is 16.5. The summed E-state index contributed by atoms with van der Waals surface area (Å²) >= 11 is 0. The number of nitrogens with zero attached hydrogens (tertiary/aromatic N) is 4. The third-order valence-corrected chi connectivity index (χ3v) is 3.88. The summed E-state index contributed by atoms with van der Waals surface area (Å²) in [6, 6.07) is 18.9. The second-order valence-electron chi connectivity index (χ2n) is 5.89. The molecule has 1 heterocycles. The molecule has 0 fully saturated rings. The molecule has 0 bridgehead atoms. The molecular formula is C20H18N4O. The van der Waals surface area contributed by atoms with Gasteiger partial charge in [-0.15, -0.1) is 0 Å². The highest BCUT2D eigenvalue weighted by molar-refractivity contribution is 5.94. The van der Waals surface area contributed by atoms with Crippen LogP contribution in [0.5, 0.6) is 0 Å². The van der Waals surface area contributed by atoms with Crippen molar-refractivity contribution in [3.63, 3.8) is 0 Å². The molecule has 3 rings (SSSR count). The monoisotopic (exact) mass is 330 g/mol. The van der Waals surface area contributed by atoms with E-state index in [1.807, 2.05) is 29.1 Å². The SMILES string of the molecule is CN(Cc1cnn(Cc2ccccc2)c1)C(=O)c1cccc(C#N)c1. The number of aromatic nitrogens is 2. The molecule has 25 heavy (non-hydrogen) atoms. The number of benzene rings is 2. The van der Waals surface area contributed by atoms with Crippen molar-refractivity contribution in [3.8, 4) is 6.07 Å². The normalized spacial score (nSPS) is 10.2. The van der Waals surface area contributed by atoms with Crippen LogP contribution in [0.4, 0.5) is 0 Å². The summed E-state index contributed by atoms with van der Waals surface area (Å²) < 4.78 is 1.86. The Morgan fingerprint density at radius 1 is 1.16 bits per heavy atom. The molecule has 0 aliphatic heterocycles. The summed E-state index contributed by atoms with van der Waals surface area (Å²) in [6.07, 6.45) is 3.72. The maximum atomic E-state index is 12.5. The van der Waals surface area contributed by atoms with Gasteiger partial charge in [0.05, 0.1) is 24.4 Å². The van der Waals surface area contributed by atoms with Gasteiger partial charge >= 0.3 is 0 Å². The van der Waals surface area contributed by atoms with Gasteiger partial charge in [0.25, 0.3) is 5.91 Å². The Hall–Kier alpha value is -3.39. The van der Waals surface area contributed by atoms with Gasteiger partial charge in [0, 0.05) is 30.9 Å². The summed E-state index contributed by atoms with van der Waals surface area (Å²) in [5.74, 6) is -0.118. The second kappa shape index (κ2) is 7.45. The lowest BCUT2D eigenvalue weighted by molar-refractivity contribution is 0.0785. The van der Waals surface area contributed by atoms with Crippen LogP contribution < -0.4 is 0 Å². The van der Waals surface area contributed by atoms with Gasteiger partial charge in [-0.1, -0.05) is 36.4 Å². The third kappa shape index (κ3) is 4.12. The number of carbonyl (C=O) groups excluding carboxylic acids is 1. The van der Waals surface area contributed by atoms with Crippen molar-refractivity contribution < 1.29 is 4.79 Å². The first-order chi connectivity index (χ1) is 12.2. The van der Waals surface area contributed by atoms with Crippen LogP contribution in [0.25, 0.3) is 0 Å². The van der Waals surface area contributed by atoms with Crippen LogP contribution in [0.2, 0.25) is 0 Å². The molecule has 3 aromatic rings. The van der Waals surface area contributed by atoms with E-state index < -0.39 is 0 Å². The van der Waals surface area contributed by atoms with Crippen molar-refractivity contribution in [2.24, 2.45) is 0 Å². The van der Waals surface area contributed by atoms with Crippen molar-refractivity contribution in [2.45, 2.75) is 13.1 Å². The predicted molar refractivity (Wildman–Crippen MR) is 94.7 cm³/mol. The quantitative estimate of drug-likeness (QED) is 0.722. The Bertz CT molecular complexity index is 909. The zero-order valence-electron chi connectivity index (χ0n) is 14.0. The maximum Gasteiger partial charge on any atom is 0.253 e. The van der Waals surface area contributed by atoms with Crippen molar-refractivity contribution in [2.75, 3.05) is 7.05 Å². The molecular weight excluding hydrogens is 312 g/mol. The van der Waals surface area contributed by atoms with E-state index in [2.05, 4.69) is 23.3 Å². The van der Waals surface area contributed by atoms with Gasteiger partial charge in [-0.2, -0.15) is 10.4 Å². The van der Waals surface area contributed by atoms with E-state index in [9.17, 15) is 4.79 Å². The third-order valence-electron chi connectivity index (χ3n) is 3.88. The lowest BCUT2D eigenvalue weighted by Gasteiger charge is -2.16. The van der Waals surface area contributed by atoms with E-state index in [-0.39, 0.29) is 5.91 Å². The molecule has 2 aromatic carbocycles. The van der Waals surface area contributed by atoms with E-state index in [0.717, 1.165) is 5.56 Å². The zero-order valence-corrected chi connectivity index (χ0v) is 14.0. The van der Waals surface area contributed by atoms with Crippen LogP contribution in [0.3, 0.4) is 0 Å². The molecule has 0 aliphatic carbocycles. The van der Waals surface area contributed by atoms with Crippen LogP contribution in [-0.4, -0.2) is 27.6 Å². The van der Waals surface area contributed by atoms with Gasteiger partial charge in [0.15, 0.2) is 0 Å². The molecule has 0 atom stereocenters. The lowest BCUT2D eigenvalue weighted by atomic mass is 10.1. The minimum absolute atomic E-state index is 0.118. The van der Waals surface area contributed by atoms with Gasteiger partial charge < -0.3 is 4.90 Å². The van der Waals surface area contributed by atoms with E-state index in [1.165, 1.54) is 5.56 Å². The van der Waals surface area contributed by atoms with Gasteiger partial charge in [-0.05, 0) is 23.8 Å². The highest BCUT2D eigenvalue weighted by atomic mass is 16.2. The summed E-state index contributed by atoms with van der Waals surface area (Å²) in [7, 11) is 1.75. The molecule has 1 amide bonds. The number of amides is 1. The van der Waals surface area contributed by atoms with Crippen LogP contribution >= 0.6 is 0 Å². The highest BCUT2D eigenvalue weighted by Gasteiger charge is 2.13. The molecule has 0 N–H and O–H groups in total. The molecule has 0 aliphatic rings. The van der Waals surface area contributed by atoms with Crippen molar-refractivity contribution >= 4 is 5.91 Å². The second-order valence-corrected chi connectivity index (χ2v) is 5.89. The fourth-order valence-electron chi connectivity index (χ4n) is 2.63. The fourth-order valence-corrected chi connectivity index (χ4v) is 2.63. The van der Waals surface area contributed by atoms with Gasteiger partial charge in [-0.25, -0.2) is 0 Å². The first-order valence-corrected chi connectivity index (χ1v) is 7.96. The molecule has 1 aromatic heterocycles. The minimum Gasteiger partial charge on any atom is -0.337 e. The van der Waals surface area contributed by atoms with Gasteiger partial charge in [-0.3, -0.25) is 9.48 Å². The number of carbonyl (C=O) groups is 1. The first-order valence-electron chi connectivity index (χ1n) is 7.96. The Balaban J connectivity index is 1.66. The highest BCUT2D eigenvalue weighted by Crippen LogP contribution is 2.11. The van der Waals surface area contributed by atoms with Crippen LogP contribution in [0.1, 0.15) is 27.0 Å². The van der Waals surface area contributed by atoms with Crippen molar-refractivity contribution in [3.05, 3.63) is 89.2 Å². The summed E-state index contributed by atoms with van der Waals surface area (Å²) in [6.45, 7) is 1.16.